The van der Waals surface area contributed by atoms with Gasteiger partial charge in [-0.15, -0.1) is 0 Å². The van der Waals surface area contributed by atoms with Gasteiger partial charge in [0.15, 0.2) is 0 Å². The lowest BCUT2D eigenvalue weighted by Crippen LogP contribution is -2.11. The zero-order valence-corrected chi connectivity index (χ0v) is 11.8. The number of amides is 1. The summed E-state index contributed by atoms with van der Waals surface area (Å²) >= 11 is 5.86. The number of rotatable bonds is 3. The Morgan fingerprint density at radius 2 is 2.05 bits per heavy atom. The monoisotopic (exact) mass is 316 g/mol. The molecule has 0 unspecified atom stereocenters. The fraction of sp³-hybridized carbons (Fsp3) is 0. The second kappa shape index (κ2) is 5.50. The molecule has 0 aliphatic rings. The van der Waals surface area contributed by atoms with Crippen molar-refractivity contribution in [2.75, 3.05) is 5.32 Å². The first-order chi connectivity index (χ1) is 10.5. The molecule has 2 aromatic carbocycles. The highest BCUT2D eigenvalue weighted by Gasteiger charge is 2.17. The van der Waals surface area contributed by atoms with Gasteiger partial charge in [0.05, 0.1) is 10.5 Å². The first kappa shape index (κ1) is 14.1. The third-order valence-electron chi connectivity index (χ3n) is 3.09. The van der Waals surface area contributed by atoms with E-state index in [0.29, 0.717) is 21.7 Å². The minimum atomic E-state index is -0.523. The number of nitro benzene ring substituents is 1. The summed E-state index contributed by atoms with van der Waals surface area (Å²) in [5, 5.41) is 14.4. The standard InChI is InChI=1S/C15H9ClN2O4/c16-9-2-1-3-10(6-9)17-15(19)13-8-22-14-5-4-11(18(20)21)7-12(13)14/h1-8H,(H,17,19). The molecular formula is C15H9ClN2O4. The van der Waals surface area contributed by atoms with Crippen molar-refractivity contribution in [1.82, 2.24) is 0 Å². The van der Waals surface area contributed by atoms with Crippen molar-refractivity contribution in [1.29, 1.82) is 0 Å². The van der Waals surface area contributed by atoms with Gasteiger partial charge in [-0.3, -0.25) is 14.9 Å². The van der Waals surface area contributed by atoms with Crippen LogP contribution in [0.1, 0.15) is 10.4 Å². The molecule has 0 fully saturated rings. The highest BCUT2D eigenvalue weighted by Crippen LogP contribution is 2.26. The van der Waals surface area contributed by atoms with E-state index >= 15 is 0 Å². The molecule has 22 heavy (non-hydrogen) atoms. The quantitative estimate of drug-likeness (QED) is 0.578. The molecular weight excluding hydrogens is 308 g/mol. The lowest BCUT2D eigenvalue weighted by atomic mass is 10.1. The number of nitrogens with one attached hydrogen (secondary N) is 1. The van der Waals surface area contributed by atoms with Crippen LogP contribution in [0.25, 0.3) is 11.0 Å². The van der Waals surface area contributed by atoms with Gasteiger partial charge in [0.25, 0.3) is 11.6 Å². The van der Waals surface area contributed by atoms with Crippen LogP contribution < -0.4 is 5.32 Å². The number of nitrogens with zero attached hydrogens (tertiary/aromatic N) is 1. The molecule has 0 atom stereocenters. The molecule has 1 amide bonds. The normalized spacial score (nSPS) is 10.6. The summed E-state index contributed by atoms with van der Waals surface area (Å²) in [6.45, 7) is 0. The van der Waals surface area contributed by atoms with E-state index in [0.717, 1.165) is 0 Å². The van der Waals surface area contributed by atoms with Gasteiger partial charge in [-0.25, -0.2) is 0 Å². The summed E-state index contributed by atoms with van der Waals surface area (Å²) < 4.78 is 5.26. The van der Waals surface area contributed by atoms with Crippen molar-refractivity contribution >= 4 is 39.9 Å². The number of carbonyl (C=O) groups excluding carboxylic acids is 1. The fourth-order valence-electron chi connectivity index (χ4n) is 2.07. The molecule has 0 aliphatic carbocycles. The van der Waals surface area contributed by atoms with E-state index in [2.05, 4.69) is 5.32 Å². The highest BCUT2D eigenvalue weighted by atomic mass is 35.5. The zero-order chi connectivity index (χ0) is 15.7. The van der Waals surface area contributed by atoms with Crippen LogP contribution in [-0.2, 0) is 0 Å². The summed E-state index contributed by atoms with van der Waals surface area (Å²) in [5.41, 5.74) is 1.04. The first-order valence-electron chi connectivity index (χ1n) is 6.27. The Balaban J connectivity index is 1.97. The largest absolute Gasteiger partial charge is 0.463 e. The summed E-state index contributed by atoms with van der Waals surface area (Å²) in [6, 6.07) is 10.8. The molecule has 0 aliphatic heterocycles. The average molecular weight is 317 g/mol. The Hall–Kier alpha value is -2.86. The molecule has 0 spiro atoms. The third-order valence-corrected chi connectivity index (χ3v) is 3.33. The molecule has 1 aromatic heterocycles. The molecule has 3 rings (SSSR count). The molecule has 0 radical (unpaired) electrons. The van der Waals surface area contributed by atoms with Gasteiger partial charge in [0.2, 0.25) is 0 Å². The van der Waals surface area contributed by atoms with Crippen molar-refractivity contribution in [3.8, 4) is 0 Å². The van der Waals surface area contributed by atoms with Gasteiger partial charge < -0.3 is 9.73 Å². The Labute approximate surface area is 129 Å². The number of benzene rings is 2. The van der Waals surface area contributed by atoms with Crippen molar-refractivity contribution < 1.29 is 14.1 Å². The lowest BCUT2D eigenvalue weighted by Gasteiger charge is -2.04. The lowest BCUT2D eigenvalue weighted by molar-refractivity contribution is -0.384. The highest BCUT2D eigenvalue weighted by molar-refractivity contribution is 6.31. The number of furan rings is 1. The van der Waals surface area contributed by atoms with E-state index < -0.39 is 10.8 Å². The molecule has 110 valence electrons. The number of hydrogen-bond donors (Lipinski definition) is 1. The predicted octanol–water partition coefficient (Wildman–Crippen LogP) is 4.25. The van der Waals surface area contributed by atoms with E-state index in [1.165, 1.54) is 24.5 Å². The van der Waals surface area contributed by atoms with E-state index in [1.54, 1.807) is 24.3 Å². The van der Waals surface area contributed by atoms with Crippen molar-refractivity contribution in [3.63, 3.8) is 0 Å². The molecule has 1 heterocycles. The van der Waals surface area contributed by atoms with Gasteiger partial charge in [-0.05, 0) is 24.3 Å². The first-order valence-corrected chi connectivity index (χ1v) is 6.65. The van der Waals surface area contributed by atoms with E-state index in [1.807, 2.05) is 0 Å². The van der Waals surface area contributed by atoms with Crippen LogP contribution in [0.15, 0.2) is 53.1 Å². The van der Waals surface area contributed by atoms with Crippen LogP contribution in [0.3, 0.4) is 0 Å². The van der Waals surface area contributed by atoms with E-state index in [4.69, 9.17) is 16.0 Å². The fourth-order valence-corrected chi connectivity index (χ4v) is 2.26. The van der Waals surface area contributed by atoms with Crippen molar-refractivity contribution in [2.24, 2.45) is 0 Å². The number of carbonyl (C=O) groups is 1. The maximum atomic E-state index is 12.3. The minimum absolute atomic E-state index is 0.106. The average Bonchev–Trinajstić information content (AvgIpc) is 2.90. The van der Waals surface area contributed by atoms with Crippen LogP contribution in [0.5, 0.6) is 0 Å². The summed E-state index contributed by atoms with van der Waals surface area (Å²) in [5.74, 6) is -0.429. The van der Waals surface area contributed by atoms with Gasteiger partial charge in [0.1, 0.15) is 11.8 Å². The maximum Gasteiger partial charge on any atom is 0.270 e. The van der Waals surface area contributed by atoms with Crippen LogP contribution in [0.2, 0.25) is 5.02 Å². The second-order valence-corrected chi connectivity index (χ2v) is 4.99. The SMILES string of the molecule is O=C(Nc1cccc(Cl)c1)c1coc2ccc([N+](=O)[O-])cc12. The van der Waals surface area contributed by atoms with Crippen LogP contribution in [0.4, 0.5) is 11.4 Å². The van der Waals surface area contributed by atoms with Crippen molar-refractivity contribution in [2.45, 2.75) is 0 Å². The summed E-state index contributed by atoms with van der Waals surface area (Å²) in [4.78, 5) is 22.6. The third kappa shape index (κ3) is 2.64. The molecule has 6 nitrogen and oxygen atoms in total. The van der Waals surface area contributed by atoms with Gasteiger partial charge in [-0.1, -0.05) is 17.7 Å². The topological polar surface area (TPSA) is 85.4 Å². The summed E-state index contributed by atoms with van der Waals surface area (Å²) in [6.07, 6.45) is 1.27. The number of fused-ring (bicyclic) bond motifs is 1. The number of nitro groups is 1. The van der Waals surface area contributed by atoms with Crippen LogP contribution in [0, 0.1) is 10.1 Å². The number of halogens is 1. The minimum Gasteiger partial charge on any atom is -0.463 e. The zero-order valence-electron chi connectivity index (χ0n) is 11.1. The van der Waals surface area contributed by atoms with E-state index in [9.17, 15) is 14.9 Å². The molecule has 0 saturated heterocycles. The number of hydrogen-bond acceptors (Lipinski definition) is 4. The molecule has 0 bridgehead atoms. The summed E-state index contributed by atoms with van der Waals surface area (Å²) in [7, 11) is 0. The van der Waals surface area contributed by atoms with Gasteiger partial charge in [-0.2, -0.15) is 0 Å². The molecule has 3 aromatic rings. The Morgan fingerprint density at radius 1 is 1.23 bits per heavy atom. The smallest absolute Gasteiger partial charge is 0.270 e. The Morgan fingerprint density at radius 3 is 2.77 bits per heavy atom. The maximum absolute atomic E-state index is 12.3. The van der Waals surface area contributed by atoms with Crippen LogP contribution in [-0.4, -0.2) is 10.8 Å². The van der Waals surface area contributed by atoms with Crippen LogP contribution >= 0.6 is 11.6 Å². The molecule has 0 saturated carbocycles. The molecule has 1 N–H and O–H groups in total. The van der Waals surface area contributed by atoms with Gasteiger partial charge in [0, 0.05) is 28.2 Å². The predicted molar refractivity (Wildman–Crippen MR) is 82.3 cm³/mol. The Bertz CT molecular complexity index is 888. The number of anilines is 1. The van der Waals surface area contributed by atoms with Crippen molar-refractivity contribution in [3.05, 3.63) is 69.4 Å². The second-order valence-electron chi connectivity index (χ2n) is 4.55. The van der Waals surface area contributed by atoms with E-state index in [-0.39, 0.29) is 11.3 Å². The van der Waals surface area contributed by atoms with Gasteiger partial charge >= 0.3 is 0 Å². The number of non-ortho nitro benzene ring substituents is 1. The Kier molecular flexibility index (Phi) is 3.52. The molecule has 7 heteroatoms.